The zero-order chi connectivity index (χ0) is 11.5. The van der Waals surface area contributed by atoms with E-state index in [1.165, 1.54) is 28.4 Å². The van der Waals surface area contributed by atoms with Crippen molar-refractivity contribution >= 4 is 15.9 Å². The summed E-state index contributed by atoms with van der Waals surface area (Å²) in [5, 5.41) is 3.45. The van der Waals surface area contributed by atoms with Gasteiger partial charge in [0, 0.05) is 22.5 Å². The second-order valence-corrected chi connectivity index (χ2v) is 5.26. The van der Waals surface area contributed by atoms with Gasteiger partial charge in [0.1, 0.15) is 5.75 Å². The minimum Gasteiger partial charge on any atom is -0.496 e. The van der Waals surface area contributed by atoms with E-state index in [4.69, 9.17) is 4.74 Å². The number of piperidine rings is 1. The van der Waals surface area contributed by atoms with E-state index in [9.17, 15) is 0 Å². The van der Waals surface area contributed by atoms with Crippen molar-refractivity contribution in [3.63, 3.8) is 0 Å². The van der Waals surface area contributed by atoms with E-state index < -0.39 is 0 Å². The number of hydrogen-bond donors (Lipinski definition) is 1. The van der Waals surface area contributed by atoms with Crippen molar-refractivity contribution in [2.24, 2.45) is 0 Å². The van der Waals surface area contributed by atoms with Crippen LogP contribution in [0.3, 0.4) is 0 Å². The van der Waals surface area contributed by atoms with Crippen molar-refractivity contribution in [3.8, 4) is 5.75 Å². The van der Waals surface area contributed by atoms with Gasteiger partial charge in [-0.3, -0.25) is 0 Å². The van der Waals surface area contributed by atoms with E-state index in [0.29, 0.717) is 5.92 Å². The van der Waals surface area contributed by atoms with Gasteiger partial charge in [0.15, 0.2) is 0 Å². The molecule has 2 rings (SSSR count). The maximum Gasteiger partial charge on any atom is 0.123 e. The van der Waals surface area contributed by atoms with Crippen LogP contribution in [-0.2, 0) is 0 Å². The molecular formula is C13H18BrNO. The third-order valence-electron chi connectivity index (χ3n) is 3.16. The first-order valence-electron chi connectivity index (χ1n) is 5.77. The molecule has 0 aliphatic carbocycles. The topological polar surface area (TPSA) is 21.3 Å². The van der Waals surface area contributed by atoms with Gasteiger partial charge >= 0.3 is 0 Å². The number of aryl methyl sites for hydroxylation is 1. The molecule has 0 saturated carbocycles. The molecule has 1 aromatic carbocycles. The lowest BCUT2D eigenvalue weighted by atomic mass is 9.90. The highest BCUT2D eigenvalue weighted by molar-refractivity contribution is 9.10. The highest BCUT2D eigenvalue weighted by atomic mass is 79.9. The quantitative estimate of drug-likeness (QED) is 0.900. The van der Waals surface area contributed by atoms with Crippen LogP contribution in [0.2, 0.25) is 0 Å². The summed E-state index contributed by atoms with van der Waals surface area (Å²) in [7, 11) is 1.75. The molecular weight excluding hydrogens is 266 g/mol. The lowest BCUT2D eigenvalue weighted by molar-refractivity contribution is 0.391. The number of methoxy groups -OCH3 is 1. The Hall–Kier alpha value is -0.540. The van der Waals surface area contributed by atoms with E-state index >= 15 is 0 Å². The predicted molar refractivity (Wildman–Crippen MR) is 70.3 cm³/mol. The van der Waals surface area contributed by atoms with Crippen LogP contribution in [0.1, 0.15) is 29.9 Å². The fourth-order valence-corrected chi connectivity index (χ4v) is 3.27. The Morgan fingerprint density at radius 3 is 2.88 bits per heavy atom. The normalized spacial score (nSPS) is 20.8. The highest BCUT2D eigenvalue weighted by Gasteiger charge is 2.21. The molecule has 1 atom stereocenters. The van der Waals surface area contributed by atoms with Gasteiger partial charge in [-0.25, -0.2) is 0 Å². The monoisotopic (exact) mass is 283 g/mol. The van der Waals surface area contributed by atoms with Crippen molar-refractivity contribution in [3.05, 3.63) is 27.7 Å². The van der Waals surface area contributed by atoms with Gasteiger partial charge in [-0.1, -0.05) is 15.9 Å². The summed E-state index contributed by atoms with van der Waals surface area (Å²) >= 11 is 3.67. The first kappa shape index (κ1) is 11.9. The van der Waals surface area contributed by atoms with E-state index in [2.05, 4.69) is 40.3 Å². The predicted octanol–water partition coefficient (Wildman–Crippen LogP) is 3.23. The Morgan fingerprint density at radius 2 is 2.25 bits per heavy atom. The lowest BCUT2D eigenvalue weighted by Gasteiger charge is -2.26. The third kappa shape index (κ3) is 2.41. The van der Waals surface area contributed by atoms with Crippen LogP contribution in [0.4, 0.5) is 0 Å². The van der Waals surface area contributed by atoms with Crippen molar-refractivity contribution in [1.29, 1.82) is 0 Å². The molecule has 1 aliphatic rings. The SMILES string of the molecule is COc1cc(C)cc(Br)c1C1CCCNC1. The molecule has 0 radical (unpaired) electrons. The molecule has 1 saturated heterocycles. The summed E-state index contributed by atoms with van der Waals surface area (Å²) in [6, 6.07) is 4.29. The number of benzene rings is 1. The van der Waals surface area contributed by atoms with Gasteiger partial charge in [0.2, 0.25) is 0 Å². The third-order valence-corrected chi connectivity index (χ3v) is 3.82. The Bertz CT molecular complexity index is 372. The molecule has 0 amide bonds. The minimum atomic E-state index is 0.568. The molecule has 3 heteroatoms. The first-order valence-corrected chi connectivity index (χ1v) is 6.56. The molecule has 1 N–H and O–H groups in total. The molecule has 1 aromatic rings. The summed E-state index contributed by atoms with van der Waals surface area (Å²) in [4.78, 5) is 0. The largest absolute Gasteiger partial charge is 0.496 e. The van der Waals surface area contributed by atoms with Gasteiger partial charge in [0.25, 0.3) is 0 Å². The molecule has 0 aromatic heterocycles. The average Bonchev–Trinajstić information content (AvgIpc) is 2.29. The summed E-state index contributed by atoms with van der Waals surface area (Å²) < 4.78 is 6.68. The summed E-state index contributed by atoms with van der Waals surface area (Å²) in [6.45, 7) is 4.29. The maximum absolute atomic E-state index is 5.50. The summed E-state index contributed by atoms with van der Waals surface area (Å²) in [5.41, 5.74) is 2.55. The van der Waals surface area contributed by atoms with Gasteiger partial charge in [-0.05, 0) is 44.0 Å². The van der Waals surface area contributed by atoms with Gasteiger partial charge in [-0.15, -0.1) is 0 Å². The van der Waals surface area contributed by atoms with E-state index in [1.807, 2.05) is 0 Å². The van der Waals surface area contributed by atoms with Crippen LogP contribution >= 0.6 is 15.9 Å². The van der Waals surface area contributed by atoms with Crippen molar-refractivity contribution in [2.45, 2.75) is 25.7 Å². The second-order valence-electron chi connectivity index (χ2n) is 4.41. The fraction of sp³-hybridized carbons (Fsp3) is 0.538. The molecule has 0 bridgehead atoms. The molecule has 16 heavy (non-hydrogen) atoms. The molecule has 2 nitrogen and oxygen atoms in total. The summed E-state index contributed by atoms with van der Waals surface area (Å²) in [5.74, 6) is 1.58. The van der Waals surface area contributed by atoms with Crippen molar-refractivity contribution < 1.29 is 4.74 Å². The van der Waals surface area contributed by atoms with E-state index in [1.54, 1.807) is 7.11 Å². The second kappa shape index (κ2) is 5.19. The van der Waals surface area contributed by atoms with E-state index in [-0.39, 0.29) is 0 Å². The molecule has 1 aliphatic heterocycles. The Balaban J connectivity index is 2.37. The maximum atomic E-state index is 5.50. The number of nitrogens with one attached hydrogen (secondary N) is 1. The van der Waals surface area contributed by atoms with Crippen LogP contribution in [0, 0.1) is 6.92 Å². The highest BCUT2D eigenvalue weighted by Crippen LogP contribution is 2.37. The standard InChI is InChI=1S/C13H18BrNO/c1-9-6-11(14)13(12(7-9)16-2)10-4-3-5-15-8-10/h6-7,10,15H,3-5,8H2,1-2H3. The summed E-state index contributed by atoms with van der Waals surface area (Å²) in [6.07, 6.45) is 2.49. The van der Waals surface area contributed by atoms with E-state index in [0.717, 1.165) is 18.8 Å². The van der Waals surface area contributed by atoms with Crippen molar-refractivity contribution in [1.82, 2.24) is 5.32 Å². The lowest BCUT2D eigenvalue weighted by Crippen LogP contribution is -2.28. The van der Waals surface area contributed by atoms with Crippen LogP contribution < -0.4 is 10.1 Å². The molecule has 1 unspecified atom stereocenters. The number of halogens is 1. The molecule has 88 valence electrons. The van der Waals surface area contributed by atoms with Gasteiger partial charge in [0.05, 0.1) is 7.11 Å². The van der Waals surface area contributed by atoms with Crippen LogP contribution in [0.25, 0.3) is 0 Å². The average molecular weight is 284 g/mol. The number of ether oxygens (including phenoxy) is 1. The molecule has 1 fully saturated rings. The zero-order valence-corrected chi connectivity index (χ0v) is 11.4. The Morgan fingerprint density at radius 1 is 1.44 bits per heavy atom. The molecule has 0 spiro atoms. The number of rotatable bonds is 2. The van der Waals surface area contributed by atoms with Crippen LogP contribution in [0.5, 0.6) is 5.75 Å². The first-order chi connectivity index (χ1) is 7.72. The molecule has 1 heterocycles. The van der Waals surface area contributed by atoms with Gasteiger partial charge in [-0.2, -0.15) is 0 Å². The Kier molecular flexibility index (Phi) is 3.87. The minimum absolute atomic E-state index is 0.568. The van der Waals surface area contributed by atoms with Crippen molar-refractivity contribution in [2.75, 3.05) is 20.2 Å². The van der Waals surface area contributed by atoms with Crippen LogP contribution in [0.15, 0.2) is 16.6 Å². The Labute approximate surface area is 106 Å². The number of hydrogen-bond acceptors (Lipinski definition) is 2. The fourth-order valence-electron chi connectivity index (χ4n) is 2.38. The van der Waals surface area contributed by atoms with Gasteiger partial charge < -0.3 is 10.1 Å². The zero-order valence-electron chi connectivity index (χ0n) is 9.85. The van der Waals surface area contributed by atoms with Crippen LogP contribution in [-0.4, -0.2) is 20.2 Å². The smallest absolute Gasteiger partial charge is 0.123 e.